The van der Waals surface area contributed by atoms with E-state index in [0.717, 1.165) is 16.7 Å². The number of benzene rings is 1. The van der Waals surface area contributed by atoms with Crippen LogP contribution in [0.25, 0.3) is 0 Å². The summed E-state index contributed by atoms with van der Waals surface area (Å²) < 4.78 is 1.15. The van der Waals surface area contributed by atoms with E-state index < -0.39 is 5.97 Å². The molecule has 0 aliphatic heterocycles. The zero-order chi connectivity index (χ0) is 13.9. The van der Waals surface area contributed by atoms with Crippen LogP contribution in [0.1, 0.15) is 36.0 Å². The molecule has 0 unspecified atom stereocenters. The van der Waals surface area contributed by atoms with Gasteiger partial charge >= 0.3 is 5.97 Å². The maximum Gasteiger partial charge on any atom is 0.335 e. The van der Waals surface area contributed by atoms with E-state index in [1.165, 1.54) is 25.7 Å². The third-order valence-electron chi connectivity index (χ3n) is 3.76. The van der Waals surface area contributed by atoms with Crippen molar-refractivity contribution in [1.29, 1.82) is 0 Å². The van der Waals surface area contributed by atoms with E-state index in [1.807, 2.05) is 17.8 Å². The van der Waals surface area contributed by atoms with Crippen LogP contribution in [0.5, 0.6) is 0 Å². The van der Waals surface area contributed by atoms with E-state index >= 15 is 0 Å². The highest BCUT2D eigenvalue weighted by Gasteiger charge is 2.32. The molecular formula is C14H18BrNO2S. The summed E-state index contributed by atoms with van der Waals surface area (Å²) in [6.07, 6.45) is 7.30. The molecule has 2 N–H and O–H groups in total. The van der Waals surface area contributed by atoms with Crippen molar-refractivity contribution < 1.29 is 9.90 Å². The molecule has 0 atom stereocenters. The highest BCUT2D eigenvalue weighted by molar-refractivity contribution is 9.10. The summed E-state index contributed by atoms with van der Waals surface area (Å²) >= 11 is 5.37. The maximum absolute atomic E-state index is 10.9. The minimum atomic E-state index is -0.899. The molecule has 0 amide bonds. The number of carboxylic acid groups (broad SMARTS) is 1. The molecule has 0 aromatic heterocycles. The predicted octanol–water partition coefficient (Wildman–Crippen LogP) is 4.24. The van der Waals surface area contributed by atoms with E-state index in [1.54, 1.807) is 12.1 Å². The van der Waals surface area contributed by atoms with Crippen LogP contribution in [0.3, 0.4) is 0 Å². The Balaban J connectivity index is 2.05. The Kier molecular flexibility index (Phi) is 4.79. The molecule has 1 saturated carbocycles. The van der Waals surface area contributed by atoms with E-state index in [4.69, 9.17) is 5.11 Å². The first-order valence-corrected chi connectivity index (χ1v) is 8.40. The molecule has 104 valence electrons. The molecule has 5 heteroatoms. The largest absolute Gasteiger partial charge is 0.478 e. The first-order valence-electron chi connectivity index (χ1n) is 6.38. The lowest BCUT2D eigenvalue weighted by Crippen LogP contribution is -2.30. The van der Waals surface area contributed by atoms with E-state index in [-0.39, 0.29) is 0 Å². The van der Waals surface area contributed by atoms with Crippen molar-refractivity contribution in [2.45, 2.75) is 30.4 Å². The fraction of sp³-hybridized carbons (Fsp3) is 0.500. The normalized spacial score (nSPS) is 17.4. The van der Waals surface area contributed by atoms with Crippen LogP contribution >= 0.6 is 27.7 Å². The minimum absolute atomic E-state index is 0.304. The quantitative estimate of drug-likeness (QED) is 0.839. The van der Waals surface area contributed by atoms with E-state index in [2.05, 4.69) is 27.5 Å². The van der Waals surface area contributed by atoms with Gasteiger partial charge in [0.25, 0.3) is 0 Å². The number of hydrogen-bond donors (Lipinski definition) is 2. The highest BCUT2D eigenvalue weighted by Crippen LogP contribution is 2.40. The van der Waals surface area contributed by atoms with Gasteiger partial charge in [-0.1, -0.05) is 12.8 Å². The summed E-state index contributed by atoms with van der Waals surface area (Å²) in [4.78, 5) is 10.9. The van der Waals surface area contributed by atoms with Crippen LogP contribution in [0.15, 0.2) is 22.7 Å². The molecule has 3 nitrogen and oxygen atoms in total. The van der Waals surface area contributed by atoms with Crippen molar-refractivity contribution in [3.8, 4) is 0 Å². The van der Waals surface area contributed by atoms with Gasteiger partial charge in [-0.15, -0.1) is 0 Å². The third kappa shape index (κ3) is 3.45. The highest BCUT2D eigenvalue weighted by atomic mass is 79.9. The first kappa shape index (κ1) is 14.7. The summed E-state index contributed by atoms with van der Waals surface area (Å²) in [6, 6.07) is 5.11. The molecule has 19 heavy (non-hydrogen) atoms. The number of anilines is 1. The smallest absolute Gasteiger partial charge is 0.335 e. The van der Waals surface area contributed by atoms with Gasteiger partial charge in [0.15, 0.2) is 0 Å². The number of carboxylic acids is 1. The SMILES string of the molecule is CSC1(CNc2ccc(C(=O)O)cc2Br)CCCC1. The molecule has 1 fully saturated rings. The van der Waals surface area contributed by atoms with Crippen molar-refractivity contribution in [3.63, 3.8) is 0 Å². The van der Waals surface area contributed by atoms with Gasteiger partial charge in [-0.3, -0.25) is 0 Å². The second kappa shape index (κ2) is 6.18. The summed E-state index contributed by atoms with van der Waals surface area (Å²) in [5, 5.41) is 12.4. The Labute approximate surface area is 126 Å². The van der Waals surface area contributed by atoms with Gasteiger partial charge in [0.2, 0.25) is 0 Å². The lowest BCUT2D eigenvalue weighted by Gasteiger charge is -2.27. The van der Waals surface area contributed by atoms with Crippen LogP contribution in [0.4, 0.5) is 5.69 Å². The fourth-order valence-corrected chi connectivity index (χ4v) is 3.95. The number of rotatable bonds is 5. The second-order valence-corrected chi connectivity index (χ2v) is 7.08. The van der Waals surface area contributed by atoms with Crippen LogP contribution in [0.2, 0.25) is 0 Å². The molecule has 0 radical (unpaired) electrons. The Hall–Kier alpha value is -0.680. The maximum atomic E-state index is 10.9. The van der Waals surface area contributed by atoms with Crippen molar-refractivity contribution in [1.82, 2.24) is 0 Å². The molecular weight excluding hydrogens is 326 g/mol. The van der Waals surface area contributed by atoms with Crippen LogP contribution < -0.4 is 5.32 Å². The first-order chi connectivity index (χ1) is 9.06. The Bertz CT molecular complexity index is 473. The van der Waals surface area contributed by atoms with Crippen LogP contribution in [-0.2, 0) is 0 Å². The van der Waals surface area contributed by atoms with Gasteiger partial charge in [-0.05, 0) is 53.2 Å². The van der Waals surface area contributed by atoms with E-state index in [0.29, 0.717) is 10.3 Å². The van der Waals surface area contributed by atoms with E-state index in [9.17, 15) is 4.79 Å². The Morgan fingerprint density at radius 3 is 2.68 bits per heavy atom. The number of hydrogen-bond acceptors (Lipinski definition) is 3. The van der Waals surface area contributed by atoms with Crippen molar-refractivity contribution in [2.75, 3.05) is 18.1 Å². The number of aromatic carboxylic acids is 1. The molecule has 1 aliphatic carbocycles. The van der Waals surface area contributed by atoms with Gasteiger partial charge in [0.05, 0.1) is 5.56 Å². The van der Waals surface area contributed by atoms with Crippen molar-refractivity contribution in [3.05, 3.63) is 28.2 Å². The average Bonchev–Trinajstić information content (AvgIpc) is 2.86. The van der Waals surface area contributed by atoms with Gasteiger partial charge in [0.1, 0.15) is 0 Å². The molecule has 0 saturated heterocycles. The minimum Gasteiger partial charge on any atom is -0.478 e. The lowest BCUT2D eigenvalue weighted by molar-refractivity contribution is 0.0697. The topological polar surface area (TPSA) is 49.3 Å². The molecule has 0 spiro atoms. The van der Waals surface area contributed by atoms with Crippen molar-refractivity contribution in [2.24, 2.45) is 0 Å². The average molecular weight is 344 g/mol. The molecule has 1 aromatic carbocycles. The monoisotopic (exact) mass is 343 g/mol. The standard InChI is InChI=1S/C14H18BrNO2S/c1-19-14(6-2-3-7-14)9-16-12-5-4-10(13(17)18)8-11(12)15/h4-5,8,16H,2-3,6-7,9H2,1H3,(H,17,18). The zero-order valence-corrected chi connectivity index (χ0v) is 13.3. The van der Waals surface area contributed by atoms with Crippen molar-refractivity contribution >= 4 is 39.3 Å². The van der Waals surface area contributed by atoms with Gasteiger partial charge < -0.3 is 10.4 Å². The van der Waals surface area contributed by atoms with Gasteiger partial charge in [-0.2, -0.15) is 11.8 Å². The fourth-order valence-electron chi connectivity index (χ4n) is 2.52. The van der Waals surface area contributed by atoms with Gasteiger partial charge in [0, 0.05) is 21.5 Å². The number of halogens is 1. The summed E-state index contributed by atoms with van der Waals surface area (Å²) in [6.45, 7) is 0.930. The lowest BCUT2D eigenvalue weighted by atomic mass is 10.1. The number of nitrogens with one attached hydrogen (secondary N) is 1. The summed E-state index contributed by atoms with van der Waals surface area (Å²) in [5.74, 6) is -0.899. The predicted molar refractivity (Wildman–Crippen MR) is 84.3 cm³/mol. The molecule has 2 rings (SSSR count). The summed E-state index contributed by atoms with van der Waals surface area (Å²) in [7, 11) is 0. The Morgan fingerprint density at radius 2 is 2.16 bits per heavy atom. The molecule has 0 heterocycles. The van der Waals surface area contributed by atoms with Crippen LogP contribution in [-0.4, -0.2) is 28.6 Å². The van der Waals surface area contributed by atoms with Gasteiger partial charge in [-0.25, -0.2) is 4.79 Å². The number of carbonyl (C=O) groups is 1. The second-order valence-electron chi connectivity index (χ2n) is 4.95. The molecule has 0 bridgehead atoms. The number of thioether (sulfide) groups is 1. The Morgan fingerprint density at radius 1 is 1.47 bits per heavy atom. The third-order valence-corrected chi connectivity index (χ3v) is 5.84. The zero-order valence-electron chi connectivity index (χ0n) is 10.9. The summed E-state index contributed by atoms with van der Waals surface area (Å²) in [5.41, 5.74) is 1.27. The molecule has 1 aliphatic rings. The van der Waals surface area contributed by atoms with Crippen LogP contribution in [0, 0.1) is 0 Å². The molecule has 1 aromatic rings.